The molecule has 0 spiro atoms. The first-order valence-corrected chi connectivity index (χ1v) is 18.2. The molecule has 13 nitrogen and oxygen atoms in total. The fourth-order valence-electron chi connectivity index (χ4n) is 5.45. The van der Waals surface area contributed by atoms with E-state index in [2.05, 4.69) is 5.32 Å². The van der Waals surface area contributed by atoms with Crippen LogP contribution in [0.25, 0.3) is 0 Å². The topological polar surface area (TPSA) is 153 Å². The Balaban J connectivity index is 1.51. The van der Waals surface area contributed by atoms with E-state index >= 15 is 0 Å². The van der Waals surface area contributed by atoms with Gasteiger partial charge in [0, 0.05) is 19.6 Å². The Bertz CT molecular complexity index is 1390. The highest BCUT2D eigenvalue weighted by atomic mass is 32.2. The standard InChI is InChI=1S/C32H46N3O10PS/c1-22(2)18-35(47(39,40)26-11-9-25(10-12-26)44-21-46-38)19-29(36)28(17-23-5-7-24(8-6-23)41-16-14-34(3)4)33-32(37)45-30-20-43-31-27(30)13-15-42-31/h5-12,22,27-31,36H,13-21H2,1-4H3,(H,33,37)/t27-,28-,29+,30?,31+/m0/s1. The van der Waals surface area contributed by atoms with Crippen molar-refractivity contribution in [3.8, 4) is 11.5 Å². The molecule has 0 radical (unpaired) electrons. The van der Waals surface area contributed by atoms with E-state index in [9.17, 15) is 22.9 Å². The number of benzene rings is 2. The zero-order valence-electron chi connectivity index (χ0n) is 27.3. The molecule has 2 aliphatic heterocycles. The van der Waals surface area contributed by atoms with Crippen molar-refractivity contribution < 1.29 is 46.6 Å². The summed E-state index contributed by atoms with van der Waals surface area (Å²) >= 11 is 0. The van der Waals surface area contributed by atoms with Crippen LogP contribution in [0, 0.1) is 11.8 Å². The summed E-state index contributed by atoms with van der Waals surface area (Å²) in [5.74, 6) is 0.944. The maximum Gasteiger partial charge on any atom is 0.407 e. The van der Waals surface area contributed by atoms with Crippen molar-refractivity contribution >= 4 is 24.6 Å². The first-order chi connectivity index (χ1) is 22.5. The van der Waals surface area contributed by atoms with Gasteiger partial charge in [-0.15, -0.1) is 0 Å². The van der Waals surface area contributed by atoms with Crippen LogP contribution in [-0.2, 0) is 35.2 Å². The van der Waals surface area contributed by atoms with Gasteiger partial charge in [0.05, 0.1) is 36.2 Å². The Morgan fingerprint density at radius 3 is 2.38 bits per heavy atom. The summed E-state index contributed by atoms with van der Waals surface area (Å²) in [6.07, 6.45) is -2.05. The van der Waals surface area contributed by atoms with Crippen molar-refractivity contribution in [3.05, 3.63) is 54.1 Å². The number of sulfonamides is 1. The second-order valence-corrected chi connectivity index (χ2v) is 14.8. The van der Waals surface area contributed by atoms with Crippen molar-refractivity contribution in [1.29, 1.82) is 0 Å². The van der Waals surface area contributed by atoms with Gasteiger partial charge in [0.2, 0.25) is 10.0 Å². The fraction of sp³-hybridized carbons (Fsp3) is 0.594. The molecule has 47 heavy (non-hydrogen) atoms. The average Bonchev–Trinajstić information content (AvgIpc) is 3.65. The molecule has 260 valence electrons. The maximum absolute atomic E-state index is 13.8. The molecule has 15 heteroatoms. The molecule has 0 bridgehead atoms. The van der Waals surface area contributed by atoms with Crippen molar-refractivity contribution in [1.82, 2.24) is 14.5 Å². The van der Waals surface area contributed by atoms with Crippen LogP contribution in [0.5, 0.6) is 11.5 Å². The Hall–Kier alpha value is -2.84. The van der Waals surface area contributed by atoms with Crippen LogP contribution >= 0.6 is 8.46 Å². The molecule has 2 saturated heterocycles. The SMILES string of the molecule is CC(C)CN(C[C@@H](O)[C@H](Cc1ccc(OCCN(C)C)cc1)NC(=O)OC1CO[C@H]2OCC[C@@H]12)S(=O)(=O)c1ccc(OCP=O)cc1. The van der Waals surface area contributed by atoms with Crippen molar-refractivity contribution in [2.75, 3.05) is 59.9 Å². The summed E-state index contributed by atoms with van der Waals surface area (Å²) in [5, 5.41) is 14.4. The maximum atomic E-state index is 13.8. The van der Waals surface area contributed by atoms with Crippen LogP contribution in [0.2, 0.25) is 0 Å². The molecule has 2 aromatic rings. The zero-order valence-corrected chi connectivity index (χ0v) is 29.0. The lowest BCUT2D eigenvalue weighted by Gasteiger charge is -2.31. The van der Waals surface area contributed by atoms with Gasteiger partial charge in [-0.25, -0.2) is 13.2 Å². The highest BCUT2D eigenvalue weighted by Crippen LogP contribution is 2.33. The lowest BCUT2D eigenvalue weighted by molar-refractivity contribution is -0.0907. The van der Waals surface area contributed by atoms with Gasteiger partial charge < -0.3 is 39.0 Å². The van der Waals surface area contributed by atoms with Gasteiger partial charge >= 0.3 is 6.09 Å². The van der Waals surface area contributed by atoms with Gasteiger partial charge in [0.1, 0.15) is 24.2 Å². The number of aliphatic hydroxyl groups excluding tert-OH is 1. The van der Waals surface area contributed by atoms with Gasteiger partial charge in [-0.2, -0.15) is 4.31 Å². The number of ether oxygens (including phenoxy) is 5. The minimum atomic E-state index is -4.05. The molecule has 2 aromatic carbocycles. The highest BCUT2D eigenvalue weighted by Gasteiger charge is 2.44. The number of hydrogen-bond acceptors (Lipinski definition) is 11. The number of carbonyl (C=O) groups is 1. The van der Waals surface area contributed by atoms with E-state index in [0.29, 0.717) is 31.1 Å². The Morgan fingerprint density at radius 2 is 1.72 bits per heavy atom. The second kappa shape index (κ2) is 17.5. The first-order valence-electron chi connectivity index (χ1n) is 15.7. The lowest BCUT2D eigenvalue weighted by Crippen LogP contribution is -2.51. The van der Waals surface area contributed by atoms with E-state index in [0.717, 1.165) is 12.1 Å². The molecular formula is C32H46N3O10PS. The summed E-state index contributed by atoms with van der Waals surface area (Å²) in [6, 6.07) is 12.2. The van der Waals surface area contributed by atoms with E-state index in [-0.39, 0.29) is 57.7 Å². The highest BCUT2D eigenvalue weighted by molar-refractivity contribution is 7.89. The van der Waals surface area contributed by atoms with Crippen LogP contribution in [-0.4, -0.2) is 113 Å². The molecule has 4 rings (SSSR count). The van der Waals surface area contributed by atoms with Crippen LogP contribution in [0.15, 0.2) is 53.4 Å². The van der Waals surface area contributed by atoms with Gasteiger partial charge in [-0.3, -0.25) is 4.57 Å². The average molecular weight is 696 g/mol. The predicted octanol–water partition coefficient (Wildman–Crippen LogP) is 3.36. The molecule has 2 heterocycles. The smallest absolute Gasteiger partial charge is 0.407 e. The third-order valence-corrected chi connectivity index (χ3v) is 9.98. The minimum Gasteiger partial charge on any atom is -0.492 e. The summed E-state index contributed by atoms with van der Waals surface area (Å²) < 4.78 is 67.5. The number of nitrogens with zero attached hydrogens (tertiary/aromatic N) is 2. The monoisotopic (exact) mass is 695 g/mol. The molecule has 5 atom stereocenters. The summed E-state index contributed by atoms with van der Waals surface area (Å²) in [7, 11) is -0.312. The van der Waals surface area contributed by atoms with Gasteiger partial charge in [-0.05, 0) is 74.8 Å². The predicted molar refractivity (Wildman–Crippen MR) is 174 cm³/mol. The van der Waals surface area contributed by atoms with Crippen LogP contribution in [0.3, 0.4) is 0 Å². The quantitative estimate of drug-likeness (QED) is 0.221. The third kappa shape index (κ3) is 10.8. The van der Waals surface area contributed by atoms with Crippen molar-refractivity contribution in [2.24, 2.45) is 11.8 Å². The Morgan fingerprint density at radius 1 is 1.04 bits per heavy atom. The van der Waals surface area contributed by atoms with Gasteiger partial charge in [0.25, 0.3) is 0 Å². The van der Waals surface area contributed by atoms with Gasteiger partial charge in [-0.1, -0.05) is 26.0 Å². The number of likely N-dealkylation sites (N-methyl/N-ethyl adjacent to an activating group) is 1. The lowest BCUT2D eigenvalue weighted by atomic mass is 10.0. The number of carbonyl (C=O) groups excluding carboxylic acids is 1. The second-order valence-electron chi connectivity index (χ2n) is 12.4. The Labute approximate surface area is 278 Å². The first kappa shape index (κ1) is 37.0. The third-order valence-electron chi connectivity index (χ3n) is 7.90. The summed E-state index contributed by atoms with van der Waals surface area (Å²) in [5.41, 5.74) is 0.800. The summed E-state index contributed by atoms with van der Waals surface area (Å²) in [6.45, 7) is 5.64. The van der Waals surface area contributed by atoms with Crippen LogP contribution < -0.4 is 14.8 Å². The number of fused-ring (bicyclic) bond motifs is 1. The molecular weight excluding hydrogens is 649 g/mol. The number of amides is 1. The fourth-order valence-corrected chi connectivity index (χ4v) is 7.27. The van der Waals surface area contributed by atoms with E-state index in [1.807, 2.05) is 57.1 Å². The minimum absolute atomic E-state index is 0.0146. The van der Waals surface area contributed by atoms with Crippen molar-refractivity contribution in [3.63, 3.8) is 0 Å². The van der Waals surface area contributed by atoms with E-state index < -0.39 is 40.7 Å². The molecule has 2 fully saturated rings. The van der Waals surface area contributed by atoms with Crippen molar-refractivity contribution in [2.45, 2.75) is 56.1 Å². The summed E-state index contributed by atoms with van der Waals surface area (Å²) in [4.78, 5) is 15.2. The van der Waals surface area contributed by atoms with E-state index in [1.165, 1.54) is 28.6 Å². The molecule has 1 unspecified atom stereocenters. The molecule has 2 aliphatic rings. The number of alkyl carbamates (subject to hydrolysis) is 1. The number of hydrogen-bond donors (Lipinski definition) is 2. The number of nitrogens with one attached hydrogen (secondary N) is 1. The van der Waals surface area contributed by atoms with Gasteiger partial charge in [0.15, 0.2) is 21.1 Å². The molecule has 0 aliphatic carbocycles. The molecule has 2 N–H and O–H groups in total. The Kier molecular flexibility index (Phi) is 13.8. The number of aliphatic hydroxyl groups is 1. The van der Waals surface area contributed by atoms with Crippen LogP contribution in [0.1, 0.15) is 25.8 Å². The van der Waals surface area contributed by atoms with E-state index in [4.69, 9.17) is 23.7 Å². The normalized spacial score (nSPS) is 20.8. The largest absolute Gasteiger partial charge is 0.492 e. The molecule has 0 saturated carbocycles. The van der Waals surface area contributed by atoms with Crippen LogP contribution in [0.4, 0.5) is 4.79 Å². The molecule has 0 aromatic heterocycles. The van der Waals surface area contributed by atoms with E-state index in [1.54, 1.807) is 0 Å². The molecule has 1 amide bonds. The zero-order chi connectivity index (χ0) is 34.0. The number of rotatable bonds is 18.